The number of fused-ring (bicyclic) bond motifs is 1. The van der Waals surface area contributed by atoms with Crippen LogP contribution in [0.4, 0.5) is 0 Å². The molecule has 0 saturated heterocycles. The minimum absolute atomic E-state index is 0.00322. The molecule has 1 aliphatic heterocycles. The summed E-state index contributed by atoms with van der Waals surface area (Å²) in [5.74, 6) is 0. The Morgan fingerprint density at radius 3 is 2.48 bits per heavy atom. The van der Waals surface area contributed by atoms with Gasteiger partial charge in [0.15, 0.2) is 9.84 Å². The second-order valence-electron chi connectivity index (χ2n) is 6.50. The van der Waals surface area contributed by atoms with Gasteiger partial charge in [-0.05, 0) is 35.2 Å². The molecule has 6 heteroatoms. The van der Waals surface area contributed by atoms with Crippen LogP contribution < -0.4 is 0 Å². The number of benzene rings is 2. The smallest absolute Gasteiger partial charge is 0.175 e. The van der Waals surface area contributed by atoms with Gasteiger partial charge in [-0.25, -0.2) is 8.42 Å². The summed E-state index contributed by atoms with van der Waals surface area (Å²) in [5, 5.41) is 20.4. The number of rotatable bonds is 5. The Hall–Kier alpha value is -1.73. The number of β-amino-alcohol motifs (C(OH)–C–C–N with tert-alkyl or cyclic N) is 1. The molecule has 1 aliphatic rings. The molecule has 0 aromatic heterocycles. The van der Waals surface area contributed by atoms with Crippen molar-refractivity contribution in [3.63, 3.8) is 0 Å². The monoisotopic (exact) mass is 361 g/mol. The molecule has 2 atom stereocenters. The van der Waals surface area contributed by atoms with E-state index in [-0.39, 0.29) is 17.5 Å². The van der Waals surface area contributed by atoms with Crippen LogP contribution in [0.5, 0.6) is 0 Å². The van der Waals surface area contributed by atoms with Crippen LogP contribution in [-0.4, -0.2) is 49.5 Å². The molecule has 0 spiro atoms. The van der Waals surface area contributed by atoms with E-state index >= 15 is 0 Å². The van der Waals surface area contributed by atoms with Crippen LogP contribution in [0.25, 0.3) is 0 Å². The van der Waals surface area contributed by atoms with Gasteiger partial charge in [-0.1, -0.05) is 36.4 Å². The van der Waals surface area contributed by atoms with Crippen LogP contribution in [0.15, 0.2) is 53.4 Å². The lowest BCUT2D eigenvalue weighted by Gasteiger charge is -2.37. The van der Waals surface area contributed by atoms with Gasteiger partial charge in [0.05, 0.1) is 23.6 Å². The summed E-state index contributed by atoms with van der Waals surface area (Å²) in [6, 6.07) is 14.3. The predicted molar refractivity (Wildman–Crippen MR) is 96.1 cm³/mol. The van der Waals surface area contributed by atoms with E-state index in [1.165, 1.54) is 17.7 Å². The number of aliphatic hydroxyl groups is 2. The molecule has 2 unspecified atom stereocenters. The molecule has 1 heterocycles. The molecule has 2 aromatic carbocycles. The summed E-state index contributed by atoms with van der Waals surface area (Å²) in [6.45, 7) is 1.15. The van der Waals surface area contributed by atoms with Gasteiger partial charge in [-0.15, -0.1) is 0 Å². The molecule has 134 valence electrons. The quantitative estimate of drug-likeness (QED) is 0.848. The van der Waals surface area contributed by atoms with Crippen LogP contribution in [0.2, 0.25) is 0 Å². The fourth-order valence-electron chi connectivity index (χ4n) is 3.40. The lowest BCUT2D eigenvalue weighted by atomic mass is 9.92. The highest BCUT2D eigenvalue weighted by molar-refractivity contribution is 7.90. The first-order chi connectivity index (χ1) is 11.9. The molecule has 0 bridgehead atoms. The van der Waals surface area contributed by atoms with Crippen LogP contribution in [0, 0.1) is 0 Å². The SMILES string of the molecule is CS(=O)(=O)c1ccc(C(O)CN2CCc3ccccc3C2CO)cc1. The summed E-state index contributed by atoms with van der Waals surface area (Å²) in [5.41, 5.74) is 3.02. The largest absolute Gasteiger partial charge is 0.394 e. The highest BCUT2D eigenvalue weighted by atomic mass is 32.2. The van der Waals surface area contributed by atoms with Crippen molar-refractivity contribution in [2.24, 2.45) is 0 Å². The average Bonchev–Trinajstić information content (AvgIpc) is 2.61. The molecular formula is C19H23NO4S. The second kappa shape index (κ2) is 7.25. The minimum Gasteiger partial charge on any atom is -0.394 e. The highest BCUT2D eigenvalue weighted by Gasteiger charge is 2.28. The second-order valence-corrected chi connectivity index (χ2v) is 8.51. The molecule has 0 fully saturated rings. The summed E-state index contributed by atoms with van der Waals surface area (Å²) >= 11 is 0. The van der Waals surface area contributed by atoms with Crippen LogP contribution >= 0.6 is 0 Å². The topological polar surface area (TPSA) is 77.8 Å². The van der Waals surface area contributed by atoms with Crippen molar-refractivity contribution in [1.29, 1.82) is 0 Å². The van der Waals surface area contributed by atoms with Crippen molar-refractivity contribution in [3.05, 3.63) is 65.2 Å². The first-order valence-electron chi connectivity index (χ1n) is 8.31. The van der Waals surface area contributed by atoms with Gasteiger partial charge < -0.3 is 10.2 Å². The molecule has 2 aromatic rings. The summed E-state index contributed by atoms with van der Waals surface area (Å²) in [6.07, 6.45) is 1.30. The first-order valence-corrected chi connectivity index (χ1v) is 10.2. The Bertz CT molecular complexity index is 833. The van der Waals surface area contributed by atoms with E-state index in [2.05, 4.69) is 11.0 Å². The Kier molecular flexibility index (Phi) is 5.24. The van der Waals surface area contributed by atoms with Crippen molar-refractivity contribution in [3.8, 4) is 0 Å². The van der Waals surface area contributed by atoms with Crippen LogP contribution in [-0.2, 0) is 16.3 Å². The number of nitrogens with zero attached hydrogens (tertiary/aromatic N) is 1. The zero-order valence-electron chi connectivity index (χ0n) is 14.2. The fraction of sp³-hybridized carbons (Fsp3) is 0.368. The maximum Gasteiger partial charge on any atom is 0.175 e. The van der Waals surface area contributed by atoms with E-state index in [9.17, 15) is 18.6 Å². The Balaban J connectivity index is 1.75. The third-order valence-electron chi connectivity index (χ3n) is 4.80. The highest BCUT2D eigenvalue weighted by Crippen LogP contribution is 2.31. The van der Waals surface area contributed by atoms with E-state index in [1.54, 1.807) is 12.1 Å². The summed E-state index contributed by atoms with van der Waals surface area (Å²) < 4.78 is 23.1. The van der Waals surface area contributed by atoms with Crippen molar-refractivity contribution < 1.29 is 18.6 Å². The normalized spacial score (nSPS) is 19.4. The number of sulfone groups is 1. The lowest BCUT2D eigenvalue weighted by Crippen LogP contribution is -2.39. The molecule has 0 amide bonds. The van der Waals surface area contributed by atoms with Crippen LogP contribution in [0.1, 0.15) is 28.8 Å². The molecule has 0 radical (unpaired) electrons. The molecule has 25 heavy (non-hydrogen) atoms. The molecular weight excluding hydrogens is 338 g/mol. The van der Waals surface area contributed by atoms with Gasteiger partial charge in [0, 0.05) is 19.3 Å². The fourth-order valence-corrected chi connectivity index (χ4v) is 4.03. The average molecular weight is 361 g/mol. The maximum atomic E-state index is 11.5. The van der Waals surface area contributed by atoms with E-state index in [1.807, 2.05) is 18.2 Å². The number of hydrogen-bond acceptors (Lipinski definition) is 5. The Morgan fingerprint density at radius 1 is 1.16 bits per heavy atom. The van der Waals surface area contributed by atoms with Gasteiger partial charge in [-0.3, -0.25) is 4.90 Å². The summed E-state index contributed by atoms with van der Waals surface area (Å²) in [7, 11) is -3.24. The minimum atomic E-state index is -3.24. The van der Waals surface area contributed by atoms with Gasteiger partial charge >= 0.3 is 0 Å². The van der Waals surface area contributed by atoms with Crippen molar-refractivity contribution in [2.45, 2.75) is 23.5 Å². The zero-order valence-corrected chi connectivity index (χ0v) is 15.0. The van der Waals surface area contributed by atoms with E-state index < -0.39 is 15.9 Å². The Labute approximate surface area is 148 Å². The third kappa shape index (κ3) is 3.93. The van der Waals surface area contributed by atoms with Crippen molar-refractivity contribution in [1.82, 2.24) is 4.90 Å². The van der Waals surface area contributed by atoms with Crippen molar-refractivity contribution in [2.75, 3.05) is 26.0 Å². The third-order valence-corrected chi connectivity index (χ3v) is 5.93. The Morgan fingerprint density at radius 2 is 1.84 bits per heavy atom. The molecule has 0 saturated carbocycles. The number of aliphatic hydroxyl groups excluding tert-OH is 2. The zero-order chi connectivity index (χ0) is 18.0. The van der Waals surface area contributed by atoms with Gasteiger partial charge in [0.1, 0.15) is 0 Å². The molecule has 2 N–H and O–H groups in total. The van der Waals surface area contributed by atoms with Gasteiger partial charge in [0.2, 0.25) is 0 Å². The van der Waals surface area contributed by atoms with E-state index in [0.29, 0.717) is 12.1 Å². The standard InChI is InChI=1S/C19H23NO4S/c1-25(23,24)16-8-6-15(7-9-16)19(22)12-20-11-10-14-4-2-3-5-17(14)18(20)13-21/h2-9,18-19,21-22H,10-13H2,1H3. The van der Waals surface area contributed by atoms with Crippen LogP contribution in [0.3, 0.4) is 0 Å². The molecule has 3 rings (SSSR count). The van der Waals surface area contributed by atoms with E-state index in [0.717, 1.165) is 24.8 Å². The molecule has 5 nitrogen and oxygen atoms in total. The number of hydrogen-bond donors (Lipinski definition) is 2. The van der Waals surface area contributed by atoms with Gasteiger partial charge in [0.25, 0.3) is 0 Å². The first kappa shape index (κ1) is 18.1. The molecule has 0 aliphatic carbocycles. The van der Waals surface area contributed by atoms with Gasteiger partial charge in [-0.2, -0.15) is 0 Å². The predicted octanol–water partition coefficient (Wildman–Crippen LogP) is 1.72. The maximum absolute atomic E-state index is 11.5. The van der Waals surface area contributed by atoms with E-state index in [4.69, 9.17) is 0 Å². The van der Waals surface area contributed by atoms with Crippen molar-refractivity contribution >= 4 is 9.84 Å². The summed E-state index contributed by atoms with van der Waals surface area (Å²) in [4.78, 5) is 2.32. The lowest BCUT2D eigenvalue weighted by molar-refractivity contribution is 0.0561.